The van der Waals surface area contributed by atoms with Gasteiger partial charge in [0.1, 0.15) is 5.82 Å². The highest BCUT2D eigenvalue weighted by Gasteiger charge is 2.20. The van der Waals surface area contributed by atoms with Gasteiger partial charge in [0.15, 0.2) is 0 Å². The summed E-state index contributed by atoms with van der Waals surface area (Å²) >= 11 is 0. The van der Waals surface area contributed by atoms with Gasteiger partial charge in [0.25, 0.3) is 0 Å². The molecule has 4 aromatic heterocycles. The van der Waals surface area contributed by atoms with Gasteiger partial charge < -0.3 is 4.57 Å². The molecule has 7 rings (SSSR count). The second kappa shape index (κ2) is 7.39. The molecular weight excluding hydrogens is 418 g/mol. The van der Waals surface area contributed by atoms with Gasteiger partial charge in [0.05, 0.1) is 34.0 Å². The Labute approximate surface area is 195 Å². The third-order valence-electron chi connectivity index (χ3n) is 6.32. The lowest BCUT2D eigenvalue weighted by molar-refractivity contribution is 1.08. The van der Waals surface area contributed by atoms with Gasteiger partial charge in [-0.05, 0) is 54.6 Å². The molecule has 0 amide bonds. The third kappa shape index (κ3) is 2.70. The summed E-state index contributed by atoms with van der Waals surface area (Å²) in [5, 5.41) is 2.33. The van der Waals surface area contributed by atoms with E-state index >= 15 is 0 Å². The first kappa shape index (κ1) is 18.8. The van der Waals surface area contributed by atoms with Crippen LogP contribution in [0.1, 0.15) is 0 Å². The molecule has 0 N–H and O–H groups in total. The van der Waals surface area contributed by atoms with E-state index in [4.69, 9.17) is 4.98 Å². The van der Waals surface area contributed by atoms with Gasteiger partial charge in [-0.3, -0.25) is 14.5 Å². The van der Waals surface area contributed by atoms with Crippen LogP contribution >= 0.6 is 0 Å². The summed E-state index contributed by atoms with van der Waals surface area (Å²) in [5.74, 6) is 0.870. The van der Waals surface area contributed by atoms with Gasteiger partial charge in [-0.15, -0.1) is 0 Å². The first-order valence-electron chi connectivity index (χ1n) is 11.2. The summed E-state index contributed by atoms with van der Waals surface area (Å²) < 4.78 is 4.51. The lowest BCUT2D eigenvalue weighted by Crippen LogP contribution is -1.98. The molecule has 3 aromatic carbocycles. The molecule has 0 bridgehead atoms. The number of imidazole rings is 1. The number of hydrogen-bond donors (Lipinski definition) is 0. The lowest BCUT2D eigenvalue weighted by atomic mass is 10.1. The van der Waals surface area contributed by atoms with Crippen molar-refractivity contribution in [3.05, 3.63) is 116 Å². The number of para-hydroxylation sites is 2. The normalized spacial score (nSPS) is 11.5. The maximum absolute atomic E-state index is 5.24. The van der Waals surface area contributed by atoms with Crippen molar-refractivity contribution in [3.8, 4) is 22.8 Å². The summed E-state index contributed by atoms with van der Waals surface area (Å²) in [6.45, 7) is 0. The molecule has 0 saturated carbocycles. The second-order valence-corrected chi connectivity index (χ2v) is 8.23. The molecule has 0 atom stereocenters. The zero-order valence-electron chi connectivity index (χ0n) is 18.2. The molecular formula is C29H19N5. The molecule has 0 fully saturated rings. The first-order chi connectivity index (χ1) is 16.9. The number of hydrogen-bond acceptors (Lipinski definition) is 3. The van der Waals surface area contributed by atoms with E-state index in [-0.39, 0.29) is 0 Å². The summed E-state index contributed by atoms with van der Waals surface area (Å²) in [7, 11) is 0. The van der Waals surface area contributed by atoms with Crippen molar-refractivity contribution in [2.75, 3.05) is 0 Å². The quantitative estimate of drug-likeness (QED) is 0.314. The Morgan fingerprint density at radius 1 is 0.529 bits per heavy atom. The molecule has 0 aliphatic carbocycles. The van der Waals surface area contributed by atoms with Crippen LogP contribution in [0.3, 0.4) is 0 Å². The van der Waals surface area contributed by atoms with Gasteiger partial charge in [-0.1, -0.05) is 36.4 Å². The minimum absolute atomic E-state index is 0.870. The monoisotopic (exact) mass is 437 g/mol. The van der Waals surface area contributed by atoms with Crippen molar-refractivity contribution in [3.63, 3.8) is 0 Å². The second-order valence-electron chi connectivity index (χ2n) is 8.23. The predicted octanol–water partition coefficient (Wildman–Crippen LogP) is 6.58. The van der Waals surface area contributed by atoms with E-state index in [9.17, 15) is 0 Å². The number of nitrogens with zero attached hydrogens (tertiary/aromatic N) is 5. The Kier molecular flexibility index (Phi) is 4.08. The van der Waals surface area contributed by atoms with Crippen LogP contribution in [0.4, 0.5) is 0 Å². The van der Waals surface area contributed by atoms with Crippen molar-refractivity contribution in [1.29, 1.82) is 0 Å². The van der Waals surface area contributed by atoms with Gasteiger partial charge in [-0.25, -0.2) is 4.98 Å². The predicted molar refractivity (Wildman–Crippen MR) is 136 cm³/mol. The highest BCUT2D eigenvalue weighted by molar-refractivity contribution is 6.20. The Bertz CT molecular complexity index is 1780. The molecule has 0 unspecified atom stereocenters. The van der Waals surface area contributed by atoms with Crippen LogP contribution in [0.2, 0.25) is 0 Å². The molecule has 7 aromatic rings. The van der Waals surface area contributed by atoms with Gasteiger partial charge >= 0.3 is 0 Å². The Morgan fingerprint density at radius 3 is 2.12 bits per heavy atom. The SMILES string of the molecule is c1ccc(-n2c3ccccc3c3c4nc(-c5ccncc5)n(-c5cccnc5)c4ccc32)cc1. The maximum Gasteiger partial charge on any atom is 0.145 e. The smallest absolute Gasteiger partial charge is 0.145 e. The molecule has 5 heteroatoms. The van der Waals surface area contributed by atoms with Gasteiger partial charge in [0.2, 0.25) is 0 Å². The van der Waals surface area contributed by atoms with Crippen molar-refractivity contribution >= 4 is 32.8 Å². The maximum atomic E-state index is 5.24. The standard InChI is InChI=1S/C29H19N5/c1-2-7-21(8-3-1)33-24-11-5-4-10-23(24)27-25(33)12-13-26-28(27)32-29(20-14-17-30-18-15-20)34(26)22-9-6-16-31-19-22/h1-19H. The summed E-state index contributed by atoms with van der Waals surface area (Å²) in [4.78, 5) is 13.8. The van der Waals surface area contributed by atoms with Crippen LogP contribution in [0.5, 0.6) is 0 Å². The Morgan fingerprint density at radius 2 is 1.29 bits per heavy atom. The van der Waals surface area contributed by atoms with E-state index in [2.05, 4.69) is 85.8 Å². The van der Waals surface area contributed by atoms with E-state index in [1.807, 2.05) is 30.5 Å². The van der Waals surface area contributed by atoms with Crippen molar-refractivity contribution < 1.29 is 0 Å². The topological polar surface area (TPSA) is 48.5 Å². The lowest BCUT2D eigenvalue weighted by Gasteiger charge is -2.09. The molecule has 4 heterocycles. The first-order valence-corrected chi connectivity index (χ1v) is 11.2. The summed E-state index contributed by atoms with van der Waals surface area (Å²) in [6.07, 6.45) is 7.28. The average Bonchev–Trinajstić information content (AvgIpc) is 3.46. The van der Waals surface area contributed by atoms with Crippen LogP contribution in [0.25, 0.3) is 55.6 Å². The highest BCUT2D eigenvalue weighted by atomic mass is 15.1. The van der Waals surface area contributed by atoms with Gasteiger partial charge in [0, 0.05) is 40.6 Å². The van der Waals surface area contributed by atoms with Crippen LogP contribution in [-0.4, -0.2) is 24.1 Å². The largest absolute Gasteiger partial charge is 0.309 e. The van der Waals surface area contributed by atoms with Crippen LogP contribution in [0, 0.1) is 0 Å². The molecule has 34 heavy (non-hydrogen) atoms. The van der Waals surface area contributed by atoms with E-state index in [0.29, 0.717) is 0 Å². The molecule has 0 spiro atoms. The van der Waals surface area contributed by atoms with Crippen molar-refractivity contribution in [2.45, 2.75) is 0 Å². The van der Waals surface area contributed by atoms with Crippen molar-refractivity contribution in [2.24, 2.45) is 0 Å². The van der Waals surface area contributed by atoms with Crippen molar-refractivity contribution in [1.82, 2.24) is 24.1 Å². The van der Waals surface area contributed by atoms with Crippen LogP contribution < -0.4 is 0 Å². The highest BCUT2D eigenvalue weighted by Crippen LogP contribution is 2.38. The Hall–Kier alpha value is -4.77. The molecule has 5 nitrogen and oxygen atoms in total. The van der Waals surface area contributed by atoms with E-state index in [1.54, 1.807) is 18.6 Å². The average molecular weight is 438 g/mol. The number of fused-ring (bicyclic) bond motifs is 5. The fourth-order valence-corrected chi connectivity index (χ4v) is 4.89. The molecule has 0 aliphatic rings. The fourth-order valence-electron chi connectivity index (χ4n) is 4.89. The summed E-state index contributed by atoms with van der Waals surface area (Å²) in [6, 6.07) is 31.4. The zero-order valence-corrected chi connectivity index (χ0v) is 18.2. The minimum Gasteiger partial charge on any atom is -0.309 e. The molecule has 0 saturated heterocycles. The number of benzene rings is 3. The number of rotatable bonds is 3. The van der Waals surface area contributed by atoms with Gasteiger partial charge in [-0.2, -0.15) is 0 Å². The molecule has 0 aliphatic heterocycles. The van der Waals surface area contributed by atoms with E-state index in [0.717, 1.165) is 50.2 Å². The number of aromatic nitrogens is 5. The van der Waals surface area contributed by atoms with E-state index < -0.39 is 0 Å². The minimum atomic E-state index is 0.870. The van der Waals surface area contributed by atoms with E-state index in [1.165, 1.54) is 5.39 Å². The number of pyridine rings is 2. The Balaban J connectivity index is 1.66. The summed E-state index contributed by atoms with van der Waals surface area (Å²) in [5.41, 5.74) is 7.43. The zero-order chi connectivity index (χ0) is 22.5. The third-order valence-corrected chi connectivity index (χ3v) is 6.32. The fraction of sp³-hybridized carbons (Fsp3) is 0. The molecule has 0 radical (unpaired) electrons. The van der Waals surface area contributed by atoms with Crippen LogP contribution in [-0.2, 0) is 0 Å². The molecule has 160 valence electrons. The van der Waals surface area contributed by atoms with Crippen LogP contribution in [0.15, 0.2) is 116 Å².